The van der Waals surface area contributed by atoms with Crippen molar-refractivity contribution in [1.82, 2.24) is 25.8 Å². The zero-order valence-corrected chi connectivity index (χ0v) is 23.7. The number of likely N-dealkylation sites (N-methyl/N-ethyl adjacent to an activating group) is 1. The van der Waals surface area contributed by atoms with Gasteiger partial charge in [0.25, 0.3) is 5.91 Å². The summed E-state index contributed by atoms with van der Waals surface area (Å²) in [6.07, 6.45) is 7.99. The van der Waals surface area contributed by atoms with E-state index >= 15 is 0 Å². The summed E-state index contributed by atoms with van der Waals surface area (Å²) < 4.78 is 0. The van der Waals surface area contributed by atoms with Crippen LogP contribution in [0, 0.1) is 5.41 Å². The highest BCUT2D eigenvalue weighted by molar-refractivity contribution is 6.37. The van der Waals surface area contributed by atoms with E-state index in [0.717, 1.165) is 5.57 Å². The van der Waals surface area contributed by atoms with Crippen LogP contribution in [0.1, 0.15) is 47.5 Å². The number of Topliss-reactive ketones (excluding diaryl/α,β-unsaturated/α-hetero) is 1. The summed E-state index contributed by atoms with van der Waals surface area (Å²) >= 11 is 0. The Morgan fingerprint density at radius 2 is 1.79 bits per heavy atom. The number of primary amides is 1. The Hall–Kier alpha value is -3.96. The molecule has 6 amide bonds. The third-order valence-electron chi connectivity index (χ3n) is 6.28. The van der Waals surface area contributed by atoms with Crippen molar-refractivity contribution >= 4 is 35.4 Å². The Labute approximate surface area is 230 Å². The molecular weight excluding hydrogens is 504 g/mol. The van der Waals surface area contributed by atoms with Crippen molar-refractivity contribution in [3.8, 4) is 0 Å². The molecule has 5 N–H and O–H groups in total. The normalized spacial score (nSPS) is 17.2. The fraction of sp³-hybridized carbons (Fsp3) is 0.556. The van der Waals surface area contributed by atoms with Gasteiger partial charge in [-0.3, -0.25) is 24.0 Å². The van der Waals surface area contributed by atoms with Crippen molar-refractivity contribution < 1.29 is 28.8 Å². The highest BCUT2D eigenvalue weighted by Crippen LogP contribution is 2.26. The molecule has 0 radical (unpaired) electrons. The van der Waals surface area contributed by atoms with Gasteiger partial charge in [-0.05, 0) is 37.7 Å². The van der Waals surface area contributed by atoms with Gasteiger partial charge in [0.2, 0.25) is 23.5 Å². The van der Waals surface area contributed by atoms with Crippen LogP contribution >= 0.6 is 0 Å². The molecule has 12 nitrogen and oxygen atoms in total. The summed E-state index contributed by atoms with van der Waals surface area (Å²) in [6, 6.07) is -3.72. The fourth-order valence-corrected chi connectivity index (χ4v) is 3.97. The first-order valence-electron chi connectivity index (χ1n) is 12.8. The van der Waals surface area contributed by atoms with Crippen LogP contribution < -0.4 is 21.7 Å². The summed E-state index contributed by atoms with van der Waals surface area (Å²) in [5.41, 5.74) is 5.16. The molecule has 39 heavy (non-hydrogen) atoms. The molecule has 0 aromatic rings. The first kappa shape index (κ1) is 33.1. The molecule has 2 unspecified atom stereocenters. The quantitative estimate of drug-likeness (QED) is 0.204. The standard InChI is InChI=1S/C27H42N6O6/c1-8-10-12-18(9-2)16-32(7)20(34)15-29-26(39)31-22(27(4,5)6)25(38)33-14-11-13-19(33)24(37)30-17(3)21(35)23(28)36/h8-10,12,17,19,22H,1,11,13-16H2,2-7H3,(H2,28,36)(H,30,37)(H2,29,31,39)/b12-10-,18-9+/t17?,19-,22?/m0/s1. The minimum absolute atomic E-state index is 0.280. The van der Waals surface area contributed by atoms with E-state index in [-0.39, 0.29) is 19.0 Å². The SMILES string of the molecule is C=C/C=C\C(=C/C)CN(C)C(=O)CNC(=O)NC(C(=O)N1CCC[C@H]1C(=O)NC(C)C(=O)C(N)=O)C(C)(C)C. The van der Waals surface area contributed by atoms with E-state index in [1.54, 1.807) is 40.0 Å². The Bertz CT molecular complexity index is 1030. The molecule has 0 bridgehead atoms. The number of allylic oxidation sites excluding steroid dienone is 3. The predicted octanol–water partition coefficient (Wildman–Crippen LogP) is 0.397. The molecule has 0 saturated carbocycles. The Balaban J connectivity index is 2.86. The van der Waals surface area contributed by atoms with E-state index in [4.69, 9.17) is 5.73 Å². The van der Waals surface area contributed by atoms with Crippen molar-refractivity contribution in [2.45, 2.75) is 65.6 Å². The molecule has 0 spiro atoms. The highest BCUT2D eigenvalue weighted by atomic mass is 16.2. The molecule has 1 aliphatic rings. The van der Waals surface area contributed by atoms with E-state index in [9.17, 15) is 28.8 Å². The van der Waals surface area contributed by atoms with Gasteiger partial charge in [0.1, 0.15) is 12.1 Å². The lowest BCUT2D eigenvalue weighted by Crippen LogP contribution is -2.60. The van der Waals surface area contributed by atoms with Crippen LogP contribution in [-0.2, 0) is 24.0 Å². The summed E-state index contributed by atoms with van der Waals surface area (Å²) in [5, 5.41) is 7.59. The maximum atomic E-state index is 13.5. The molecule has 1 fully saturated rings. The number of ketones is 1. The number of urea groups is 1. The van der Waals surface area contributed by atoms with Gasteiger partial charge in [0, 0.05) is 20.1 Å². The largest absolute Gasteiger partial charge is 0.363 e. The highest BCUT2D eigenvalue weighted by Gasteiger charge is 2.42. The lowest BCUT2D eigenvalue weighted by atomic mass is 9.85. The number of nitrogens with one attached hydrogen (secondary N) is 3. The van der Waals surface area contributed by atoms with Crippen LogP contribution in [0.25, 0.3) is 0 Å². The smallest absolute Gasteiger partial charge is 0.315 e. The number of amides is 6. The van der Waals surface area contributed by atoms with Gasteiger partial charge in [-0.25, -0.2) is 4.79 Å². The fourth-order valence-electron chi connectivity index (χ4n) is 3.97. The second-order valence-corrected chi connectivity index (χ2v) is 10.5. The van der Waals surface area contributed by atoms with Gasteiger partial charge in [-0.2, -0.15) is 0 Å². The molecule has 1 aliphatic heterocycles. The number of rotatable bonds is 12. The molecule has 0 aromatic carbocycles. The maximum absolute atomic E-state index is 13.5. The maximum Gasteiger partial charge on any atom is 0.315 e. The van der Waals surface area contributed by atoms with Crippen molar-refractivity contribution in [2.75, 3.05) is 26.7 Å². The van der Waals surface area contributed by atoms with Crippen molar-refractivity contribution in [2.24, 2.45) is 11.1 Å². The van der Waals surface area contributed by atoms with Gasteiger partial charge < -0.3 is 31.5 Å². The third kappa shape index (κ3) is 10.0. The van der Waals surface area contributed by atoms with Gasteiger partial charge in [0.05, 0.1) is 12.6 Å². The minimum Gasteiger partial charge on any atom is -0.363 e. The summed E-state index contributed by atoms with van der Waals surface area (Å²) in [7, 11) is 1.62. The number of likely N-dealkylation sites (tertiary alicyclic amines) is 1. The number of nitrogens with two attached hydrogens (primary N) is 1. The minimum atomic E-state index is -1.17. The monoisotopic (exact) mass is 546 g/mol. The van der Waals surface area contributed by atoms with E-state index < -0.39 is 53.1 Å². The van der Waals surface area contributed by atoms with E-state index in [0.29, 0.717) is 19.4 Å². The molecule has 1 rings (SSSR count). The number of hydrogen-bond donors (Lipinski definition) is 4. The van der Waals surface area contributed by atoms with Crippen LogP contribution in [0.15, 0.2) is 36.5 Å². The molecular formula is C27H42N6O6. The second kappa shape index (κ2) is 14.8. The summed E-state index contributed by atoms with van der Waals surface area (Å²) in [4.78, 5) is 77.3. The van der Waals surface area contributed by atoms with Gasteiger partial charge in [-0.15, -0.1) is 0 Å². The number of nitrogens with zero attached hydrogens (tertiary/aromatic N) is 2. The molecule has 12 heteroatoms. The lowest BCUT2D eigenvalue weighted by molar-refractivity contribution is -0.143. The summed E-state index contributed by atoms with van der Waals surface area (Å²) in [6.45, 7) is 12.5. The average Bonchev–Trinajstić information content (AvgIpc) is 3.36. The van der Waals surface area contributed by atoms with Crippen LogP contribution in [0.3, 0.4) is 0 Å². The van der Waals surface area contributed by atoms with Gasteiger partial charge >= 0.3 is 6.03 Å². The zero-order chi connectivity index (χ0) is 29.9. The zero-order valence-electron chi connectivity index (χ0n) is 23.7. The molecule has 216 valence electrons. The predicted molar refractivity (Wildman–Crippen MR) is 147 cm³/mol. The van der Waals surface area contributed by atoms with Crippen molar-refractivity contribution in [3.05, 3.63) is 36.5 Å². The number of carbonyl (C=O) groups is 6. The van der Waals surface area contributed by atoms with E-state index in [1.807, 2.05) is 19.1 Å². The van der Waals surface area contributed by atoms with E-state index in [1.165, 1.54) is 16.7 Å². The van der Waals surface area contributed by atoms with E-state index in [2.05, 4.69) is 22.5 Å². The Morgan fingerprint density at radius 3 is 2.33 bits per heavy atom. The molecule has 0 aromatic heterocycles. The van der Waals surface area contributed by atoms with Crippen LogP contribution in [0.2, 0.25) is 0 Å². The Morgan fingerprint density at radius 1 is 1.15 bits per heavy atom. The first-order chi connectivity index (χ1) is 18.1. The number of carbonyl (C=O) groups excluding carboxylic acids is 6. The Kier molecular flexibility index (Phi) is 12.6. The summed E-state index contributed by atoms with van der Waals surface area (Å²) in [5.74, 6) is -3.50. The molecule has 1 saturated heterocycles. The first-order valence-corrected chi connectivity index (χ1v) is 12.8. The van der Waals surface area contributed by atoms with Crippen LogP contribution in [-0.4, -0.2) is 90.1 Å². The lowest BCUT2D eigenvalue weighted by Gasteiger charge is -2.35. The van der Waals surface area contributed by atoms with Gasteiger partial charge in [0.15, 0.2) is 0 Å². The third-order valence-corrected chi connectivity index (χ3v) is 6.28. The van der Waals surface area contributed by atoms with Crippen LogP contribution in [0.5, 0.6) is 0 Å². The van der Waals surface area contributed by atoms with Crippen molar-refractivity contribution in [3.63, 3.8) is 0 Å². The average molecular weight is 547 g/mol. The topological polar surface area (TPSA) is 171 Å². The molecule has 0 aliphatic carbocycles. The number of hydrogen-bond acceptors (Lipinski definition) is 6. The molecule has 3 atom stereocenters. The molecule has 1 heterocycles. The second-order valence-electron chi connectivity index (χ2n) is 10.5. The van der Waals surface area contributed by atoms with Crippen LogP contribution in [0.4, 0.5) is 4.79 Å². The van der Waals surface area contributed by atoms with Gasteiger partial charge in [-0.1, -0.05) is 51.7 Å². The van der Waals surface area contributed by atoms with Crippen molar-refractivity contribution in [1.29, 1.82) is 0 Å².